The van der Waals surface area contributed by atoms with E-state index in [1.165, 1.54) is 5.69 Å². The maximum absolute atomic E-state index is 5.60. The van der Waals surface area contributed by atoms with Gasteiger partial charge in [-0.1, -0.05) is 6.08 Å². The van der Waals surface area contributed by atoms with Gasteiger partial charge in [0.1, 0.15) is 0 Å². The molecule has 0 aliphatic rings. The first-order valence-electron chi connectivity index (χ1n) is 5.84. The lowest BCUT2D eigenvalue weighted by molar-refractivity contribution is 0.456. The lowest BCUT2D eigenvalue weighted by Crippen LogP contribution is -2.29. The summed E-state index contributed by atoms with van der Waals surface area (Å²) in [6.07, 6.45) is 5.06. The average Bonchev–Trinajstić information content (AvgIpc) is 2.66. The van der Waals surface area contributed by atoms with Crippen molar-refractivity contribution >= 4 is 0 Å². The molecule has 0 amide bonds. The van der Waals surface area contributed by atoms with Gasteiger partial charge < -0.3 is 0 Å². The monoisotopic (exact) mass is 222 g/mol. The highest BCUT2D eigenvalue weighted by Gasteiger charge is 2.14. The van der Waals surface area contributed by atoms with Crippen LogP contribution in [0.4, 0.5) is 0 Å². The summed E-state index contributed by atoms with van der Waals surface area (Å²) in [5, 5.41) is 4.43. The first-order valence-corrected chi connectivity index (χ1v) is 5.84. The molecule has 3 N–H and O–H groups in total. The number of nitrogens with two attached hydrogens (primary N) is 1. The normalized spacial score (nSPS) is 12.7. The smallest absolute Gasteiger partial charge is 0.0629 e. The molecule has 0 fully saturated rings. The molecular formula is C12H22N4. The van der Waals surface area contributed by atoms with Crippen molar-refractivity contribution in [3.05, 3.63) is 30.1 Å². The van der Waals surface area contributed by atoms with Crippen molar-refractivity contribution in [3.8, 4) is 0 Å². The number of hydrogen-bond donors (Lipinski definition) is 2. The van der Waals surface area contributed by atoms with Crippen LogP contribution >= 0.6 is 0 Å². The fourth-order valence-electron chi connectivity index (χ4n) is 1.88. The summed E-state index contributed by atoms with van der Waals surface area (Å²) in [5.74, 6) is 5.60. The molecule has 0 radical (unpaired) electrons. The molecule has 90 valence electrons. The lowest BCUT2D eigenvalue weighted by Gasteiger charge is -2.16. The quantitative estimate of drug-likeness (QED) is 0.321. The zero-order valence-electron chi connectivity index (χ0n) is 10.2. The zero-order valence-corrected chi connectivity index (χ0v) is 10.2. The molecule has 0 saturated carbocycles. The molecule has 16 heavy (non-hydrogen) atoms. The van der Waals surface area contributed by atoms with E-state index < -0.39 is 0 Å². The minimum Gasteiger partial charge on any atom is -0.271 e. The summed E-state index contributed by atoms with van der Waals surface area (Å²) in [6, 6.07) is 2.28. The molecule has 0 saturated heterocycles. The number of aromatic nitrogens is 2. The second-order valence-corrected chi connectivity index (χ2v) is 3.97. The van der Waals surface area contributed by atoms with Crippen LogP contribution < -0.4 is 11.3 Å². The Labute approximate surface area is 97.5 Å². The summed E-state index contributed by atoms with van der Waals surface area (Å²) in [4.78, 5) is 0. The first-order chi connectivity index (χ1) is 7.72. The van der Waals surface area contributed by atoms with Crippen LogP contribution in [0.15, 0.2) is 18.7 Å². The molecule has 1 aromatic heterocycles. The third kappa shape index (κ3) is 3.18. The number of hydrogen-bond acceptors (Lipinski definition) is 3. The van der Waals surface area contributed by atoms with Gasteiger partial charge in [-0.25, -0.2) is 0 Å². The molecule has 0 aliphatic carbocycles. The third-order valence-corrected chi connectivity index (χ3v) is 2.69. The van der Waals surface area contributed by atoms with Gasteiger partial charge in [-0.05, 0) is 39.2 Å². The first kappa shape index (κ1) is 12.9. The fourth-order valence-corrected chi connectivity index (χ4v) is 1.88. The number of hydrazine groups is 1. The van der Waals surface area contributed by atoms with E-state index in [4.69, 9.17) is 5.84 Å². The molecule has 0 bridgehead atoms. The van der Waals surface area contributed by atoms with Crippen LogP contribution in [0.2, 0.25) is 0 Å². The molecular weight excluding hydrogens is 200 g/mol. The highest BCUT2D eigenvalue weighted by atomic mass is 15.3. The van der Waals surface area contributed by atoms with Gasteiger partial charge in [0.25, 0.3) is 0 Å². The Hall–Kier alpha value is -1.13. The third-order valence-electron chi connectivity index (χ3n) is 2.69. The van der Waals surface area contributed by atoms with E-state index >= 15 is 0 Å². The minimum atomic E-state index is 0.182. The van der Waals surface area contributed by atoms with Crippen molar-refractivity contribution in [3.63, 3.8) is 0 Å². The Bertz CT molecular complexity index is 330. The number of rotatable bonds is 7. The SMILES string of the molecule is C=CCCCC(NN)c1cc(C)nn1CC. The Morgan fingerprint density at radius 3 is 3.00 bits per heavy atom. The molecule has 1 rings (SSSR count). The topological polar surface area (TPSA) is 55.9 Å². The van der Waals surface area contributed by atoms with Crippen molar-refractivity contribution in [1.82, 2.24) is 15.2 Å². The van der Waals surface area contributed by atoms with Crippen molar-refractivity contribution in [1.29, 1.82) is 0 Å². The molecule has 0 aliphatic heterocycles. The van der Waals surface area contributed by atoms with Crippen LogP contribution in [0, 0.1) is 6.92 Å². The number of aryl methyl sites for hydroxylation is 2. The van der Waals surface area contributed by atoms with Crippen molar-refractivity contribution in [2.24, 2.45) is 5.84 Å². The Morgan fingerprint density at radius 2 is 2.44 bits per heavy atom. The zero-order chi connectivity index (χ0) is 12.0. The van der Waals surface area contributed by atoms with Crippen LogP contribution in [-0.2, 0) is 6.54 Å². The Balaban J connectivity index is 2.72. The fraction of sp³-hybridized carbons (Fsp3) is 0.583. The maximum atomic E-state index is 5.60. The summed E-state index contributed by atoms with van der Waals surface area (Å²) in [5.41, 5.74) is 5.09. The van der Waals surface area contributed by atoms with E-state index in [0.29, 0.717) is 0 Å². The predicted octanol–water partition coefficient (Wildman–Crippen LogP) is 2.07. The second-order valence-electron chi connectivity index (χ2n) is 3.97. The van der Waals surface area contributed by atoms with Crippen molar-refractivity contribution in [2.45, 2.75) is 45.7 Å². The molecule has 0 aromatic carbocycles. The van der Waals surface area contributed by atoms with Gasteiger partial charge in [0.15, 0.2) is 0 Å². The van der Waals surface area contributed by atoms with Gasteiger partial charge in [0.2, 0.25) is 0 Å². The van der Waals surface area contributed by atoms with E-state index in [9.17, 15) is 0 Å². The lowest BCUT2D eigenvalue weighted by atomic mass is 10.1. The summed E-state index contributed by atoms with van der Waals surface area (Å²) in [7, 11) is 0. The maximum Gasteiger partial charge on any atom is 0.0629 e. The van der Waals surface area contributed by atoms with Crippen LogP contribution in [-0.4, -0.2) is 9.78 Å². The van der Waals surface area contributed by atoms with E-state index in [0.717, 1.165) is 31.5 Å². The van der Waals surface area contributed by atoms with Gasteiger partial charge in [-0.2, -0.15) is 5.10 Å². The van der Waals surface area contributed by atoms with Gasteiger partial charge >= 0.3 is 0 Å². The predicted molar refractivity (Wildman–Crippen MR) is 66.8 cm³/mol. The molecule has 4 heteroatoms. The number of unbranched alkanes of at least 4 members (excludes halogenated alkanes) is 1. The van der Waals surface area contributed by atoms with Crippen molar-refractivity contribution < 1.29 is 0 Å². The minimum absolute atomic E-state index is 0.182. The number of nitrogens with one attached hydrogen (secondary N) is 1. The van der Waals surface area contributed by atoms with Gasteiger partial charge in [-0.15, -0.1) is 6.58 Å². The largest absolute Gasteiger partial charge is 0.271 e. The van der Waals surface area contributed by atoms with Gasteiger partial charge in [0.05, 0.1) is 17.4 Å². The molecule has 1 aromatic rings. The van der Waals surface area contributed by atoms with E-state index in [1.54, 1.807) is 0 Å². The Morgan fingerprint density at radius 1 is 1.69 bits per heavy atom. The number of nitrogens with zero attached hydrogens (tertiary/aromatic N) is 2. The average molecular weight is 222 g/mol. The molecule has 4 nitrogen and oxygen atoms in total. The molecule has 1 unspecified atom stereocenters. The van der Waals surface area contributed by atoms with Crippen molar-refractivity contribution in [2.75, 3.05) is 0 Å². The van der Waals surface area contributed by atoms with Crippen LogP contribution in [0.25, 0.3) is 0 Å². The standard InChI is InChI=1S/C12H22N4/c1-4-6-7-8-11(14-13)12-9-10(3)15-16(12)5-2/h4,9,11,14H,1,5-8,13H2,2-3H3. The summed E-state index contributed by atoms with van der Waals surface area (Å²) in [6.45, 7) is 8.70. The van der Waals surface area contributed by atoms with E-state index in [-0.39, 0.29) is 6.04 Å². The van der Waals surface area contributed by atoms with Gasteiger partial charge in [0, 0.05) is 6.54 Å². The molecule has 1 atom stereocenters. The molecule has 1 heterocycles. The van der Waals surface area contributed by atoms with E-state index in [2.05, 4.69) is 30.1 Å². The van der Waals surface area contributed by atoms with Gasteiger partial charge in [-0.3, -0.25) is 16.0 Å². The van der Waals surface area contributed by atoms with Crippen LogP contribution in [0.3, 0.4) is 0 Å². The highest BCUT2D eigenvalue weighted by molar-refractivity contribution is 5.13. The summed E-state index contributed by atoms with van der Waals surface area (Å²) >= 11 is 0. The van der Waals surface area contributed by atoms with E-state index in [1.807, 2.05) is 17.7 Å². The second kappa shape index (κ2) is 6.45. The highest BCUT2D eigenvalue weighted by Crippen LogP contribution is 2.19. The van der Waals surface area contributed by atoms with Crippen LogP contribution in [0.5, 0.6) is 0 Å². The molecule has 0 spiro atoms. The summed E-state index contributed by atoms with van der Waals surface area (Å²) < 4.78 is 2.01. The number of allylic oxidation sites excluding steroid dienone is 1. The van der Waals surface area contributed by atoms with Crippen LogP contribution in [0.1, 0.15) is 43.6 Å². The Kier molecular flexibility index (Phi) is 5.22.